The molecule has 0 spiro atoms. The van der Waals surface area contributed by atoms with Gasteiger partial charge in [-0.3, -0.25) is 0 Å². The van der Waals surface area contributed by atoms with Crippen molar-refractivity contribution < 1.29 is 4.39 Å². The number of hydrogen-bond acceptors (Lipinski definition) is 2. The fourth-order valence-electron chi connectivity index (χ4n) is 2.19. The van der Waals surface area contributed by atoms with Crippen LogP contribution in [0.5, 0.6) is 0 Å². The zero-order chi connectivity index (χ0) is 12.3. The van der Waals surface area contributed by atoms with Gasteiger partial charge in [0, 0.05) is 11.7 Å². The van der Waals surface area contributed by atoms with Crippen LogP contribution in [-0.4, -0.2) is 19.1 Å². The molecule has 1 unspecified atom stereocenters. The van der Waals surface area contributed by atoms with Gasteiger partial charge in [-0.1, -0.05) is 0 Å². The lowest BCUT2D eigenvalue weighted by Crippen LogP contribution is -2.22. The second-order valence-electron chi connectivity index (χ2n) is 4.60. The third kappa shape index (κ3) is 3.42. The summed E-state index contributed by atoms with van der Waals surface area (Å²) in [7, 11) is 0. The minimum absolute atomic E-state index is 0.204. The van der Waals surface area contributed by atoms with Gasteiger partial charge in [-0.2, -0.15) is 0 Å². The Morgan fingerprint density at radius 1 is 1.35 bits per heavy atom. The molecule has 1 atom stereocenters. The van der Waals surface area contributed by atoms with Gasteiger partial charge in [0.15, 0.2) is 0 Å². The van der Waals surface area contributed by atoms with Crippen LogP contribution in [0.4, 0.5) is 10.1 Å². The van der Waals surface area contributed by atoms with Crippen LogP contribution >= 0.6 is 15.9 Å². The molecule has 1 fully saturated rings. The molecule has 0 saturated carbocycles. The van der Waals surface area contributed by atoms with E-state index in [0.29, 0.717) is 10.5 Å². The Kier molecular flexibility index (Phi) is 4.40. The Morgan fingerprint density at radius 2 is 2.18 bits per heavy atom. The molecule has 0 amide bonds. The van der Waals surface area contributed by atoms with Gasteiger partial charge in [0.25, 0.3) is 0 Å². The standard InChI is InChI=1S/C13H18BrFN2/c1-9-7-11(14)12(15)8-13(9)17-10-3-2-5-16-6-4-10/h7-8,10,16-17H,2-6H2,1H3. The smallest absolute Gasteiger partial charge is 0.139 e. The van der Waals surface area contributed by atoms with Crippen molar-refractivity contribution in [1.29, 1.82) is 0 Å². The maximum absolute atomic E-state index is 13.5. The van der Waals surface area contributed by atoms with E-state index in [1.165, 1.54) is 6.42 Å². The summed E-state index contributed by atoms with van der Waals surface area (Å²) in [4.78, 5) is 0. The largest absolute Gasteiger partial charge is 0.382 e. The highest BCUT2D eigenvalue weighted by Crippen LogP contribution is 2.25. The lowest BCUT2D eigenvalue weighted by atomic mass is 10.1. The van der Waals surface area contributed by atoms with Crippen LogP contribution in [0.1, 0.15) is 24.8 Å². The molecule has 2 N–H and O–H groups in total. The summed E-state index contributed by atoms with van der Waals surface area (Å²) < 4.78 is 14.0. The fraction of sp³-hybridized carbons (Fsp3) is 0.538. The summed E-state index contributed by atoms with van der Waals surface area (Å²) >= 11 is 3.21. The molecule has 17 heavy (non-hydrogen) atoms. The van der Waals surface area contributed by atoms with Crippen molar-refractivity contribution in [3.05, 3.63) is 28.0 Å². The fourth-order valence-corrected chi connectivity index (χ4v) is 2.64. The molecule has 0 radical (unpaired) electrons. The summed E-state index contributed by atoms with van der Waals surface area (Å²) in [6, 6.07) is 3.86. The van der Waals surface area contributed by atoms with E-state index in [1.54, 1.807) is 6.07 Å². The van der Waals surface area contributed by atoms with Crippen molar-refractivity contribution in [1.82, 2.24) is 5.32 Å². The minimum Gasteiger partial charge on any atom is -0.382 e. The van der Waals surface area contributed by atoms with Crippen LogP contribution in [0.25, 0.3) is 0 Å². The number of aryl methyl sites for hydroxylation is 1. The molecule has 1 saturated heterocycles. The van der Waals surface area contributed by atoms with Gasteiger partial charge < -0.3 is 10.6 Å². The second-order valence-corrected chi connectivity index (χ2v) is 5.46. The van der Waals surface area contributed by atoms with Crippen LogP contribution in [-0.2, 0) is 0 Å². The summed E-state index contributed by atoms with van der Waals surface area (Å²) in [6.07, 6.45) is 3.41. The molecular formula is C13H18BrFN2. The van der Waals surface area contributed by atoms with Crippen molar-refractivity contribution in [3.8, 4) is 0 Å². The molecule has 2 nitrogen and oxygen atoms in total. The Morgan fingerprint density at radius 3 is 3.00 bits per heavy atom. The molecule has 2 rings (SSSR count). The number of hydrogen-bond donors (Lipinski definition) is 2. The van der Waals surface area contributed by atoms with Crippen molar-refractivity contribution in [2.24, 2.45) is 0 Å². The van der Waals surface area contributed by atoms with Crippen molar-refractivity contribution in [2.45, 2.75) is 32.2 Å². The molecule has 4 heteroatoms. The van der Waals surface area contributed by atoms with E-state index in [1.807, 2.05) is 13.0 Å². The highest BCUT2D eigenvalue weighted by Gasteiger charge is 2.13. The molecule has 0 aliphatic carbocycles. The highest BCUT2D eigenvalue weighted by atomic mass is 79.9. The van der Waals surface area contributed by atoms with E-state index in [4.69, 9.17) is 0 Å². The molecule has 1 heterocycles. The molecule has 1 aromatic rings. The van der Waals surface area contributed by atoms with E-state index in [9.17, 15) is 4.39 Å². The predicted molar refractivity (Wildman–Crippen MR) is 73.0 cm³/mol. The molecule has 1 aliphatic rings. The lowest BCUT2D eigenvalue weighted by Gasteiger charge is -2.19. The number of halogens is 2. The van der Waals surface area contributed by atoms with Gasteiger partial charge in [-0.25, -0.2) is 4.39 Å². The monoisotopic (exact) mass is 300 g/mol. The molecule has 0 aromatic heterocycles. The zero-order valence-electron chi connectivity index (χ0n) is 10.0. The minimum atomic E-state index is -0.204. The van der Waals surface area contributed by atoms with Gasteiger partial charge in [-0.05, 0) is 72.9 Å². The number of rotatable bonds is 2. The van der Waals surface area contributed by atoms with Gasteiger partial charge in [0.1, 0.15) is 5.82 Å². The molecule has 94 valence electrons. The first-order chi connectivity index (χ1) is 8.16. The maximum Gasteiger partial charge on any atom is 0.139 e. The molecule has 0 bridgehead atoms. The van der Waals surface area contributed by atoms with Gasteiger partial charge in [0.2, 0.25) is 0 Å². The van der Waals surface area contributed by atoms with Gasteiger partial charge in [-0.15, -0.1) is 0 Å². The quantitative estimate of drug-likeness (QED) is 0.874. The summed E-state index contributed by atoms with van der Waals surface area (Å²) in [5.41, 5.74) is 1.99. The third-order valence-corrected chi connectivity index (χ3v) is 3.81. The van der Waals surface area contributed by atoms with Crippen LogP contribution in [0.15, 0.2) is 16.6 Å². The van der Waals surface area contributed by atoms with Crippen molar-refractivity contribution >= 4 is 21.6 Å². The summed E-state index contributed by atoms with van der Waals surface area (Å²) in [5.74, 6) is -0.204. The first kappa shape index (κ1) is 12.8. The number of anilines is 1. The predicted octanol–water partition coefficient (Wildman–Crippen LogP) is 3.45. The van der Waals surface area contributed by atoms with Crippen LogP contribution in [0, 0.1) is 12.7 Å². The molecular weight excluding hydrogens is 283 g/mol. The average Bonchev–Trinajstić information content (AvgIpc) is 2.54. The first-order valence-corrected chi connectivity index (χ1v) is 6.89. The summed E-state index contributed by atoms with van der Waals surface area (Å²) in [5, 5.41) is 6.83. The average molecular weight is 301 g/mol. The Bertz CT molecular complexity index is 387. The molecule has 1 aromatic carbocycles. The van der Waals surface area contributed by atoms with Crippen LogP contribution in [0.2, 0.25) is 0 Å². The Balaban J connectivity index is 2.09. The Hall–Kier alpha value is -0.610. The lowest BCUT2D eigenvalue weighted by molar-refractivity contribution is 0.615. The topological polar surface area (TPSA) is 24.1 Å². The third-order valence-electron chi connectivity index (χ3n) is 3.20. The van der Waals surface area contributed by atoms with E-state index in [2.05, 4.69) is 26.6 Å². The highest BCUT2D eigenvalue weighted by molar-refractivity contribution is 9.10. The van der Waals surface area contributed by atoms with Gasteiger partial charge in [0.05, 0.1) is 4.47 Å². The van der Waals surface area contributed by atoms with Crippen molar-refractivity contribution in [3.63, 3.8) is 0 Å². The van der Waals surface area contributed by atoms with E-state index in [0.717, 1.165) is 37.2 Å². The zero-order valence-corrected chi connectivity index (χ0v) is 11.6. The van der Waals surface area contributed by atoms with E-state index < -0.39 is 0 Å². The van der Waals surface area contributed by atoms with Crippen molar-refractivity contribution in [2.75, 3.05) is 18.4 Å². The van der Waals surface area contributed by atoms with E-state index >= 15 is 0 Å². The first-order valence-electron chi connectivity index (χ1n) is 6.09. The summed E-state index contributed by atoms with van der Waals surface area (Å²) in [6.45, 7) is 4.13. The number of nitrogens with one attached hydrogen (secondary N) is 2. The van der Waals surface area contributed by atoms with Crippen LogP contribution < -0.4 is 10.6 Å². The Labute approximate surface area is 110 Å². The SMILES string of the molecule is Cc1cc(Br)c(F)cc1NC1CCCNCC1. The number of benzene rings is 1. The van der Waals surface area contributed by atoms with Gasteiger partial charge >= 0.3 is 0 Å². The maximum atomic E-state index is 13.5. The van der Waals surface area contributed by atoms with E-state index in [-0.39, 0.29) is 5.82 Å². The normalized spacial score (nSPS) is 21.0. The second kappa shape index (κ2) is 5.83. The molecule has 1 aliphatic heterocycles. The van der Waals surface area contributed by atoms with Crippen LogP contribution in [0.3, 0.4) is 0 Å².